The number of hydrogen-bond acceptors (Lipinski definition) is 4. The Bertz CT molecular complexity index is 584. The fourth-order valence-corrected chi connectivity index (χ4v) is 4.13. The molecule has 0 saturated carbocycles. The summed E-state index contributed by atoms with van der Waals surface area (Å²) in [5.41, 5.74) is 0.554. The van der Waals surface area contributed by atoms with Gasteiger partial charge in [0.15, 0.2) is 0 Å². The Morgan fingerprint density at radius 3 is 2.71 bits per heavy atom. The van der Waals surface area contributed by atoms with E-state index < -0.39 is 5.54 Å². The Morgan fingerprint density at radius 2 is 1.96 bits per heavy atom. The first-order valence-corrected chi connectivity index (χ1v) is 8.80. The molecule has 0 spiro atoms. The van der Waals surface area contributed by atoms with Crippen LogP contribution in [0.25, 0.3) is 0 Å². The highest BCUT2D eigenvalue weighted by Crippen LogP contribution is 2.46. The lowest BCUT2D eigenvalue weighted by molar-refractivity contribution is -0.146. The SMILES string of the molecule is CCOC(=O)CC12CCCC(CC1)N2C(=O)OCc1ccccc1. The molecule has 2 bridgehead atoms. The van der Waals surface area contributed by atoms with Crippen LogP contribution in [-0.2, 0) is 20.9 Å². The van der Waals surface area contributed by atoms with Crippen molar-refractivity contribution in [2.75, 3.05) is 6.61 Å². The number of hydrogen-bond donors (Lipinski definition) is 0. The predicted octanol–water partition coefficient (Wildman–Crippen LogP) is 3.66. The fourth-order valence-electron chi connectivity index (χ4n) is 4.13. The van der Waals surface area contributed by atoms with Crippen LogP contribution in [-0.4, -0.2) is 35.2 Å². The number of esters is 1. The maximum Gasteiger partial charge on any atom is 0.410 e. The van der Waals surface area contributed by atoms with Crippen molar-refractivity contribution in [2.24, 2.45) is 0 Å². The van der Waals surface area contributed by atoms with Gasteiger partial charge in [0, 0.05) is 6.04 Å². The van der Waals surface area contributed by atoms with Crippen molar-refractivity contribution in [2.45, 2.75) is 63.6 Å². The third kappa shape index (κ3) is 3.40. The zero-order chi connectivity index (χ0) is 17.0. The van der Waals surface area contributed by atoms with Gasteiger partial charge in [-0.15, -0.1) is 0 Å². The maximum absolute atomic E-state index is 12.7. The minimum absolute atomic E-state index is 0.191. The average Bonchev–Trinajstić information content (AvgIpc) is 2.79. The number of nitrogens with zero attached hydrogens (tertiary/aromatic N) is 1. The summed E-state index contributed by atoms with van der Waals surface area (Å²) in [6.45, 7) is 2.44. The van der Waals surface area contributed by atoms with Crippen molar-refractivity contribution in [1.82, 2.24) is 4.90 Å². The Labute approximate surface area is 142 Å². The van der Waals surface area contributed by atoms with Gasteiger partial charge in [-0.2, -0.15) is 0 Å². The van der Waals surface area contributed by atoms with Crippen LogP contribution >= 0.6 is 0 Å². The molecule has 0 aliphatic carbocycles. The van der Waals surface area contributed by atoms with Gasteiger partial charge in [-0.05, 0) is 44.6 Å². The Kier molecular flexibility index (Phi) is 5.07. The molecule has 2 unspecified atom stereocenters. The molecule has 2 saturated heterocycles. The van der Waals surface area contributed by atoms with Crippen LogP contribution in [0.15, 0.2) is 30.3 Å². The molecule has 2 atom stereocenters. The van der Waals surface area contributed by atoms with Gasteiger partial charge in [0.2, 0.25) is 0 Å². The van der Waals surface area contributed by atoms with Crippen LogP contribution in [0.2, 0.25) is 0 Å². The van der Waals surface area contributed by atoms with Crippen molar-refractivity contribution in [1.29, 1.82) is 0 Å². The molecule has 5 nitrogen and oxygen atoms in total. The molecule has 0 radical (unpaired) electrons. The first kappa shape index (κ1) is 16.8. The molecule has 1 aromatic carbocycles. The average molecular weight is 331 g/mol. The smallest absolute Gasteiger partial charge is 0.410 e. The van der Waals surface area contributed by atoms with Crippen molar-refractivity contribution >= 4 is 12.1 Å². The summed E-state index contributed by atoms with van der Waals surface area (Å²) in [4.78, 5) is 26.6. The van der Waals surface area contributed by atoms with E-state index in [0.717, 1.165) is 37.7 Å². The summed E-state index contributed by atoms with van der Waals surface area (Å²) in [5, 5.41) is 0. The van der Waals surface area contributed by atoms with Crippen LogP contribution in [0, 0.1) is 0 Å². The molecule has 1 amide bonds. The van der Waals surface area contributed by atoms with Gasteiger partial charge in [0.1, 0.15) is 6.61 Å². The fraction of sp³-hybridized carbons (Fsp3) is 0.579. The van der Waals surface area contributed by atoms with E-state index in [2.05, 4.69) is 0 Å². The van der Waals surface area contributed by atoms with E-state index in [1.54, 1.807) is 6.92 Å². The number of piperidine rings is 1. The topological polar surface area (TPSA) is 55.8 Å². The highest BCUT2D eigenvalue weighted by Gasteiger charge is 2.52. The van der Waals surface area contributed by atoms with Crippen molar-refractivity contribution in [3.05, 3.63) is 35.9 Å². The number of amides is 1. The van der Waals surface area contributed by atoms with E-state index in [4.69, 9.17) is 9.47 Å². The number of ether oxygens (including phenoxy) is 2. The van der Waals surface area contributed by atoms with Crippen LogP contribution in [0.5, 0.6) is 0 Å². The quantitative estimate of drug-likeness (QED) is 0.773. The third-order valence-electron chi connectivity index (χ3n) is 5.18. The van der Waals surface area contributed by atoms with E-state index in [-0.39, 0.29) is 31.1 Å². The zero-order valence-corrected chi connectivity index (χ0v) is 14.2. The molecule has 5 heteroatoms. The summed E-state index contributed by atoms with van der Waals surface area (Å²) in [5.74, 6) is -0.221. The van der Waals surface area contributed by atoms with Gasteiger partial charge in [-0.25, -0.2) is 4.79 Å². The molecule has 24 heavy (non-hydrogen) atoms. The Hall–Kier alpha value is -2.04. The van der Waals surface area contributed by atoms with Crippen LogP contribution < -0.4 is 0 Å². The molecule has 2 heterocycles. The summed E-state index contributed by atoms with van der Waals surface area (Å²) >= 11 is 0. The lowest BCUT2D eigenvalue weighted by Crippen LogP contribution is -2.54. The lowest BCUT2D eigenvalue weighted by atomic mass is 9.85. The number of fused-ring (bicyclic) bond motifs is 2. The first-order valence-electron chi connectivity index (χ1n) is 8.80. The van der Waals surface area contributed by atoms with E-state index in [1.165, 1.54) is 0 Å². The Morgan fingerprint density at radius 1 is 1.17 bits per heavy atom. The second kappa shape index (κ2) is 7.24. The first-order chi connectivity index (χ1) is 11.6. The van der Waals surface area contributed by atoms with Gasteiger partial charge < -0.3 is 9.47 Å². The van der Waals surface area contributed by atoms with E-state index >= 15 is 0 Å². The monoisotopic (exact) mass is 331 g/mol. The zero-order valence-electron chi connectivity index (χ0n) is 14.2. The summed E-state index contributed by atoms with van der Waals surface area (Å²) in [7, 11) is 0. The second-order valence-electron chi connectivity index (χ2n) is 6.70. The molecule has 2 fully saturated rings. The Balaban J connectivity index is 1.69. The summed E-state index contributed by atoms with van der Waals surface area (Å²) < 4.78 is 10.7. The van der Waals surface area contributed by atoms with Gasteiger partial charge >= 0.3 is 12.1 Å². The highest BCUT2D eigenvalue weighted by atomic mass is 16.6. The predicted molar refractivity (Wildman–Crippen MR) is 89.3 cm³/mol. The van der Waals surface area contributed by atoms with E-state index in [0.29, 0.717) is 6.61 Å². The van der Waals surface area contributed by atoms with Crippen LogP contribution in [0.1, 0.15) is 51.0 Å². The van der Waals surface area contributed by atoms with Gasteiger partial charge in [-0.3, -0.25) is 9.69 Å². The van der Waals surface area contributed by atoms with Crippen molar-refractivity contribution < 1.29 is 19.1 Å². The van der Waals surface area contributed by atoms with Gasteiger partial charge in [-0.1, -0.05) is 30.3 Å². The molecule has 130 valence electrons. The van der Waals surface area contributed by atoms with Crippen LogP contribution in [0.4, 0.5) is 4.79 Å². The van der Waals surface area contributed by atoms with Crippen LogP contribution in [0.3, 0.4) is 0 Å². The largest absolute Gasteiger partial charge is 0.466 e. The minimum atomic E-state index is -0.414. The number of carbonyl (C=O) groups excluding carboxylic acids is 2. The van der Waals surface area contributed by atoms with E-state index in [1.807, 2.05) is 35.2 Å². The lowest BCUT2D eigenvalue weighted by Gasteiger charge is -2.43. The highest BCUT2D eigenvalue weighted by molar-refractivity contribution is 5.75. The maximum atomic E-state index is 12.7. The van der Waals surface area contributed by atoms with Gasteiger partial charge in [0.05, 0.1) is 18.6 Å². The van der Waals surface area contributed by atoms with Crippen molar-refractivity contribution in [3.8, 4) is 0 Å². The normalized spacial score (nSPS) is 25.4. The molecule has 0 N–H and O–H groups in total. The van der Waals surface area contributed by atoms with Crippen molar-refractivity contribution in [3.63, 3.8) is 0 Å². The number of carbonyl (C=O) groups is 2. The number of rotatable bonds is 5. The summed E-state index contributed by atoms with van der Waals surface area (Å²) in [6.07, 6.45) is 4.67. The second-order valence-corrected chi connectivity index (χ2v) is 6.70. The molecular formula is C19H25NO4. The molecule has 1 aromatic rings. The molecule has 2 aliphatic heterocycles. The molecular weight excluding hydrogens is 306 g/mol. The van der Waals surface area contributed by atoms with Gasteiger partial charge in [0.25, 0.3) is 0 Å². The number of benzene rings is 1. The third-order valence-corrected chi connectivity index (χ3v) is 5.18. The summed E-state index contributed by atoms with van der Waals surface area (Å²) in [6, 6.07) is 9.85. The minimum Gasteiger partial charge on any atom is -0.466 e. The molecule has 2 aliphatic rings. The molecule has 3 rings (SSSR count). The standard InChI is InChI=1S/C19H25NO4/c1-2-23-17(21)13-19-11-6-9-16(10-12-19)20(19)18(22)24-14-15-7-4-3-5-8-15/h3-5,7-8,16H,2,6,9-14H2,1H3. The molecule has 0 aromatic heterocycles. The van der Waals surface area contributed by atoms with E-state index in [9.17, 15) is 9.59 Å².